The van der Waals surface area contributed by atoms with Crippen molar-refractivity contribution in [3.05, 3.63) is 42.7 Å². The Morgan fingerprint density at radius 1 is 0.921 bits per heavy atom. The second-order valence-electron chi connectivity index (χ2n) is 9.36. The molecular formula is C24H30N6O6S2. The maximum atomic E-state index is 11.9. The monoisotopic (exact) mass is 562 g/mol. The van der Waals surface area contributed by atoms with Crippen LogP contribution < -0.4 is 9.64 Å². The Labute approximate surface area is 222 Å². The van der Waals surface area contributed by atoms with Crippen LogP contribution in [-0.4, -0.2) is 111 Å². The molecule has 4 heterocycles. The summed E-state index contributed by atoms with van der Waals surface area (Å²) >= 11 is 0. The molecule has 2 aliphatic heterocycles. The lowest BCUT2D eigenvalue weighted by molar-refractivity contribution is -0.0252. The zero-order chi connectivity index (χ0) is 26.9. The largest absolute Gasteiger partial charge is 0.473 e. The second-order valence-corrected chi connectivity index (χ2v) is 13.3. The first-order valence-corrected chi connectivity index (χ1v) is 15.9. The van der Waals surface area contributed by atoms with Crippen LogP contribution >= 0.6 is 0 Å². The number of ether oxygens (including phenoxy) is 2. The third-order valence-corrected chi connectivity index (χ3v) is 9.21. The number of sulfonamides is 2. The van der Waals surface area contributed by atoms with E-state index < -0.39 is 26.2 Å². The summed E-state index contributed by atoms with van der Waals surface area (Å²) in [5.41, 5.74) is 3.65. The van der Waals surface area contributed by atoms with Gasteiger partial charge in [-0.1, -0.05) is 12.1 Å². The topological polar surface area (TPSA) is 135 Å². The summed E-state index contributed by atoms with van der Waals surface area (Å²) in [6.45, 7) is 3.10. The molecule has 0 bridgehead atoms. The van der Waals surface area contributed by atoms with Crippen LogP contribution in [-0.2, 0) is 24.8 Å². The van der Waals surface area contributed by atoms with Gasteiger partial charge in [-0.25, -0.2) is 26.8 Å². The van der Waals surface area contributed by atoms with Gasteiger partial charge in [-0.3, -0.25) is 4.98 Å². The van der Waals surface area contributed by atoms with Crippen LogP contribution in [0.3, 0.4) is 0 Å². The molecule has 0 unspecified atom stereocenters. The third kappa shape index (κ3) is 6.04. The quantitative estimate of drug-likeness (QED) is 0.407. The SMILES string of the molecule is CS(=O)(=O)N1CCN(c2ccc(-c3cc4nccnc4c(OC[C@@H]4CN(S(C)(=O)=O)CCO4)n3)cc2)CC1. The van der Waals surface area contributed by atoms with E-state index in [1.165, 1.54) is 21.1 Å². The Kier molecular flexibility index (Phi) is 7.51. The maximum absolute atomic E-state index is 11.9. The van der Waals surface area contributed by atoms with Gasteiger partial charge in [0, 0.05) is 62.9 Å². The van der Waals surface area contributed by atoms with Gasteiger partial charge in [0.1, 0.15) is 12.7 Å². The zero-order valence-electron chi connectivity index (χ0n) is 21.2. The smallest absolute Gasteiger partial charge is 0.242 e. The van der Waals surface area contributed by atoms with E-state index in [1.54, 1.807) is 12.4 Å². The standard InChI is InChI=1S/C24H30N6O6S2/c1-37(31,32)29-11-9-28(10-12-29)19-5-3-18(4-6-19)21-15-22-23(26-8-7-25-22)24(27-21)36-17-20-16-30(13-14-35-20)38(2,33)34/h3-8,15,20H,9-14,16-17H2,1-2H3/t20-/m0/s1. The van der Waals surface area contributed by atoms with E-state index in [9.17, 15) is 16.8 Å². The molecule has 0 aliphatic carbocycles. The van der Waals surface area contributed by atoms with Crippen LogP contribution in [0.5, 0.6) is 5.88 Å². The fourth-order valence-corrected chi connectivity index (χ4v) is 6.25. The number of anilines is 1. The first kappa shape index (κ1) is 26.7. The number of hydrogen-bond donors (Lipinski definition) is 0. The molecule has 0 spiro atoms. The van der Waals surface area contributed by atoms with Crippen molar-refractivity contribution >= 4 is 36.8 Å². The first-order chi connectivity index (χ1) is 18.1. The predicted molar refractivity (Wildman–Crippen MR) is 143 cm³/mol. The first-order valence-electron chi connectivity index (χ1n) is 12.2. The molecule has 12 nitrogen and oxygen atoms in total. The van der Waals surface area contributed by atoms with Gasteiger partial charge in [-0.2, -0.15) is 8.61 Å². The Morgan fingerprint density at radius 3 is 2.29 bits per heavy atom. The van der Waals surface area contributed by atoms with Gasteiger partial charge in [0.2, 0.25) is 25.9 Å². The lowest BCUT2D eigenvalue weighted by Gasteiger charge is -2.34. The Bertz CT molecular complexity index is 1510. The van der Waals surface area contributed by atoms with Crippen molar-refractivity contribution in [2.45, 2.75) is 6.10 Å². The van der Waals surface area contributed by atoms with Crippen molar-refractivity contribution in [1.82, 2.24) is 23.6 Å². The highest BCUT2D eigenvalue weighted by atomic mass is 32.2. The molecule has 0 amide bonds. The second kappa shape index (κ2) is 10.7. The highest BCUT2D eigenvalue weighted by molar-refractivity contribution is 7.88. The van der Waals surface area contributed by atoms with Crippen LogP contribution in [0, 0.1) is 0 Å². The van der Waals surface area contributed by atoms with Crippen LogP contribution in [0.1, 0.15) is 0 Å². The lowest BCUT2D eigenvalue weighted by atomic mass is 10.1. The Morgan fingerprint density at radius 2 is 1.61 bits per heavy atom. The number of rotatable bonds is 7. The third-order valence-electron chi connectivity index (χ3n) is 6.64. The molecule has 2 saturated heterocycles. The number of hydrogen-bond acceptors (Lipinski definition) is 10. The average molecular weight is 563 g/mol. The van der Waals surface area contributed by atoms with E-state index in [4.69, 9.17) is 14.5 Å². The van der Waals surface area contributed by atoms with E-state index in [2.05, 4.69) is 14.9 Å². The molecular weight excluding hydrogens is 532 g/mol. The minimum Gasteiger partial charge on any atom is -0.473 e. The molecule has 2 aliphatic rings. The number of piperazine rings is 1. The molecule has 5 rings (SSSR count). The normalized spacial score (nSPS) is 20.1. The van der Waals surface area contributed by atoms with Crippen molar-refractivity contribution in [3.8, 4) is 17.1 Å². The number of pyridine rings is 1. The number of benzene rings is 1. The number of aromatic nitrogens is 3. The molecule has 204 valence electrons. The Hall–Kier alpha value is -2.91. The fraction of sp³-hybridized carbons (Fsp3) is 0.458. The summed E-state index contributed by atoms with van der Waals surface area (Å²) < 4.78 is 62.1. The summed E-state index contributed by atoms with van der Waals surface area (Å²) in [6, 6.07) is 9.74. The predicted octanol–water partition coefficient (Wildman–Crippen LogP) is 0.813. The minimum atomic E-state index is -3.31. The van der Waals surface area contributed by atoms with Crippen LogP contribution in [0.4, 0.5) is 5.69 Å². The summed E-state index contributed by atoms with van der Waals surface area (Å²) in [5, 5.41) is 0. The van der Waals surface area contributed by atoms with E-state index in [0.717, 1.165) is 11.3 Å². The molecule has 0 N–H and O–H groups in total. The van der Waals surface area contributed by atoms with E-state index in [1.807, 2.05) is 30.3 Å². The van der Waals surface area contributed by atoms with Gasteiger partial charge < -0.3 is 14.4 Å². The Balaban J connectivity index is 1.33. The maximum Gasteiger partial charge on any atom is 0.242 e. The van der Waals surface area contributed by atoms with Crippen molar-refractivity contribution in [2.75, 3.05) is 69.9 Å². The van der Waals surface area contributed by atoms with Crippen LogP contribution in [0.25, 0.3) is 22.3 Å². The van der Waals surface area contributed by atoms with Crippen LogP contribution in [0.15, 0.2) is 42.7 Å². The van der Waals surface area contributed by atoms with Crippen molar-refractivity contribution in [2.24, 2.45) is 0 Å². The summed E-state index contributed by atoms with van der Waals surface area (Å²) in [5.74, 6) is 0.298. The van der Waals surface area contributed by atoms with E-state index >= 15 is 0 Å². The molecule has 1 atom stereocenters. The molecule has 14 heteroatoms. The van der Waals surface area contributed by atoms with Gasteiger partial charge in [0.25, 0.3) is 0 Å². The van der Waals surface area contributed by atoms with Gasteiger partial charge in [-0.05, 0) is 18.2 Å². The molecule has 3 aromatic rings. The molecule has 0 radical (unpaired) electrons. The van der Waals surface area contributed by atoms with Gasteiger partial charge in [-0.15, -0.1) is 0 Å². The molecule has 1 aromatic carbocycles. The molecule has 0 saturated carbocycles. The number of nitrogens with zero attached hydrogens (tertiary/aromatic N) is 6. The zero-order valence-corrected chi connectivity index (χ0v) is 22.9. The van der Waals surface area contributed by atoms with Crippen molar-refractivity contribution < 1.29 is 26.3 Å². The van der Waals surface area contributed by atoms with E-state index in [-0.39, 0.29) is 13.2 Å². The summed E-state index contributed by atoms with van der Waals surface area (Å²) in [6.07, 6.45) is 5.16. The minimum absolute atomic E-state index is 0.118. The lowest BCUT2D eigenvalue weighted by Crippen LogP contribution is -2.48. The summed E-state index contributed by atoms with van der Waals surface area (Å²) in [7, 11) is -6.49. The van der Waals surface area contributed by atoms with Gasteiger partial charge in [0.05, 0.1) is 30.3 Å². The number of morpholine rings is 1. The molecule has 38 heavy (non-hydrogen) atoms. The average Bonchev–Trinajstić information content (AvgIpc) is 2.91. The number of fused-ring (bicyclic) bond motifs is 1. The highest BCUT2D eigenvalue weighted by Crippen LogP contribution is 2.29. The van der Waals surface area contributed by atoms with Gasteiger partial charge in [0.15, 0.2) is 5.52 Å². The van der Waals surface area contributed by atoms with E-state index in [0.29, 0.717) is 61.9 Å². The summed E-state index contributed by atoms with van der Waals surface area (Å²) in [4.78, 5) is 15.7. The van der Waals surface area contributed by atoms with Crippen LogP contribution in [0.2, 0.25) is 0 Å². The molecule has 2 fully saturated rings. The molecule has 2 aromatic heterocycles. The highest BCUT2D eigenvalue weighted by Gasteiger charge is 2.27. The van der Waals surface area contributed by atoms with Gasteiger partial charge >= 0.3 is 0 Å². The van der Waals surface area contributed by atoms with Crippen molar-refractivity contribution in [1.29, 1.82) is 0 Å². The van der Waals surface area contributed by atoms with Crippen molar-refractivity contribution in [3.63, 3.8) is 0 Å². The fourth-order valence-electron chi connectivity index (χ4n) is 4.58.